The van der Waals surface area contributed by atoms with Crippen LogP contribution in [0.1, 0.15) is 42.1 Å². The van der Waals surface area contributed by atoms with Gasteiger partial charge in [0.25, 0.3) is 11.5 Å². The van der Waals surface area contributed by atoms with Gasteiger partial charge in [0.2, 0.25) is 0 Å². The van der Waals surface area contributed by atoms with Crippen molar-refractivity contribution >= 4 is 34.4 Å². The highest BCUT2D eigenvalue weighted by Gasteiger charge is 2.43. The number of amides is 1. The number of aromatic nitrogens is 2. The van der Waals surface area contributed by atoms with E-state index in [0.717, 1.165) is 41.7 Å². The first-order valence-electron chi connectivity index (χ1n) is 13.4. The van der Waals surface area contributed by atoms with E-state index in [9.17, 15) is 14.4 Å². The Morgan fingerprint density at radius 1 is 0.950 bits per heavy atom. The molecule has 6 rings (SSSR count). The Balaban J connectivity index is 1.23. The molecule has 8 heteroatoms. The fourth-order valence-electron chi connectivity index (χ4n) is 5.64. The summed E-state index contributed by atoms with van der Waals surface area (Å²) in [5.41, 5.74) is 4.21. The maximum Gasteiger partial charge on any atom is 0.312 e. The van der Waals surface area contributed by atoms with Crippen LogP contribution >= 0.6 is 0 Å². The predicted molar refractivity (Wildman–Crippen MR) is 152 cm³/mol. The third kappa shape index (κ3) is 5.08. The lowest BCUT2D eigenvalue weighted by atomic mass is 9.77. The summed E-state index contributed by atoms with van der Waals surface area (Å²) in [7, 11) is 0. The second-order valence-electron chi connectivity index (χ2n) is 10.0. The maximum atomic E-state index is 13.5. The molecule has 3 aromatic carbocycles. The number of ether oxygens (including phenoxy) is 1. The SMILES string of the molecule is O=C(Cc1n[nH]c(=O)c2ccccc12)OCC(=O)N1N=C2/C(=C/c3ccccc3)CCC[C@H]2[C@@H]1c1ccccc1. The maximum absolute atomic E-state index is 13.5. The van der Waals surface area contributed by atoms with Crippen molar-refractivity contribution in [1.29, 1.82) is 0 Å². The monoisotopic (exact) mass is 532 g/mol. The molecule has 1 saturated carbocycles. The minimum Gasteiger partial charge on any atom is -0.455 e. The van der Waals surface area contributed by atoms with Crippen LogP contribution in [0, 0.1) is 5.92 Å². The van der Waals surface area contributed by atoms with Gasteiger partial charge < -0.3 is 4.74 Å². The fourth-order valence-corrected chi connectivity index (χ4v) is 5.64. The molecule has 40 heavy (non-hydrogen) atoms. The first kappa shape index (κ1) is 25.4. The zero-order chi connectivity index (χ0) is 27.5. The number of allylic oxidation sites excluding steroid dienone is 1. The summed E-state index contributed by atoms with van der Waals surface area (Å²) < 4.78 is 5.41. The second kappa shape index (κ2) is 11.1. The van der Waals surface area contributed by atoms with Gasteiger partial charge in [0.1, 0.15) is 0 Å². The Kier molecular flexibility index (Phi) is 7.06. The molecular formula is C32H28N4O4. The van der Waals surface area contributed by atoms with E-state index in [1.165, 1.54) is 5.01 Å². The van der Waals surface area contributed by atoms with E-state index in [4.69, 9.17) is 9.84 Å². The van der Waals surface area contributed by atoms with Gasteiger partial charge in [-0.1, -0.05) is 78.9 Å². The number of carbonyl (C=O) groups excluding carboxylic acids is 2. The van der Waals surface area contributed by atoms with Gasteiger partial charge in [-0.15, -0.1) is 0 Å². The third-order valence-electron chi connectivity index (χ3n) is 7.48. The average molecular weight is 533 g/mol. The molecule has 8 nitrogen and oxygen atoms in total. The summed E-state index contributed by atoms with van der Waals surface area (Å²) in [6, 6.07) is 26.7. The van der Waals surface area contributed by atoms with Gasteiger partial charge >= 0.3 is 5.97 Å². The third-order valence-corrected chi connectivity index (χ3v) is 7.48. The van der Waals surface area contributed by atoms with E-state index >= 15 is 0 Å². The molecule has 0 bridgehead atoms. The van der Waals surface area contributed by atoms with Gasteiger partial charge in [0.15, 0.2) is 6.61 Å². The van der Waals surface area contributed by atoms with Crippen molar-refractivity contribution < 1.29 is 14.3 Å². The number of esters is 1. The molecule has 1 amide bonds. The molecule has 200 valence electrons. The van der Waals surface area contributed by atoms with E-state index in [0.29, 0.717) is 16.5 Å². The van der Waals surface area contributed by atoms with Crippen molar-refractivity contribution in [2.75, 3.05) is 6.61 Å². The molecule has 2 atom stereocenters. The van der Waals surface area contributed by atoms with Crippen molar-refractivity contribution in [2.24, 2.45) is 11.0 Å². The molecule has 1 N–H and O–H groups in total. The zero-order valence-electron chi connectivity index (χ0n) is 21.8. The van der Waals surface area contributed by atoms with Crippen LogP contribution in [0.3, 0.4) is 0 Å². The molecule has 2 heterocycles. The lowest BCUT2D eigenvalue weighted by molar-refractivity contribution is -0.152. The van der Waals surface area contributed by atoms with E-state index in [2.05, 4.69) is 28.4 Å². The standard InChI is InChI=1S/C32H28N4O4/c37-28(20-40-29(38)19-27-24-15-7-8-16-25(24)32(39)34-33-27)36-31(22-12-5-2-6-13-22)26-17-9-14-23(30(26)35-36)18-21-10-3-1-4-11-21/h1-8,10-13,15-16,18,26,31H,9,14,17,19-20H2,(H,34,39)/b23-18+/t26-,31+/m1/s1. The Bertz CT molecular complexity index is 1680. The number of nitrogens with one attached hydrogen (secondary N) is 1. The summed E-state index contributed by atoms with van der Waals surface area (Å²) in [5, 5.41) is 13.8. The molecule has 0 spiro atoms. The van der Waals surface area contributed by atoms with Crippen LogP contribution in [0.4, 0.5) is 0 Å². The summed E-state index contributed by atoms with van der Waals surface area (Å²) in [5.74, 6) is -0.937. The molecular weight excluding hydrogens is 504 g/mol. The highest BCUT2D eigenvalue weighted by molar-refractivity contribution is 6.08. The van der Waals surface area contributed by atoms with Gasteiger partial charge in [0, 0.05) is 11.3 Å². The van der Waals surface area contributed by atoms with Crippen LogP contribution in [0.5, 0.6) is 0 Å². The summed E-state index contributed by atoms with van der Waals surface area (Å²) in [6.07, 6.45) is 4.79. The number of carbonyl (C=O) groups is 2. The Morgan fingerprint density at radius 3 is 2.42 bits per heavy atom. The van der Waals surface area contributed by atoms with Gasteiger partial charge in [-0.3, -0.25) is 14.4 Å². The number of H-pyrrole nitrogens is 1. The zero-order valence-corrected chi connectivity index (χ0v) is 21.8. The Morgan fingerprint density at radius 2 is 1.65 bits per heavy atom. The number of hydrazone groups is 1. The molecule has 0 saturated heterocycles. The number of benzene rings is 3. The van der Waals surface area contributed by atoms with E-state index in [1.54, 1.807) is 24.3 Å². The number of hydrogen-bond donors (Lipinski definition) is 1. The first-order valence-corrected chi connectivity index (χ1v) is 13.4. The van der Waals surface area contributed by atoms with Gasteiger partial charge in [-0.2, -0.15) is 10.2 Å². The van der Waals surface area contributed by atoms with Crippen LogP contribution in [0.15, 0.2) is 100 Å². The molecule has 1 aliphatic heterocycles. The normalized spacial score (nSPS) is 19.4. The number of aromatic amines is 1. The van der Waals surface area contributed by atoms with Crippen LogP contribution in [0.2, 0.25) is 0 Å². The van der Waals surface area contributed by atoms with Crippen LogP contribution < -0.4 is 5.56 Å². The molecule has 1 fully saturated rings. The smallest absolute Gasteiger partial charge is 0.312 e. The average Bonchev–Trinajstić information content (AvgIpc) is 3.39. The number of hydrogen-bond acceptors (Lipinski definition) is 6. The fraction of sp³-hybridized carbons (Fsp3) is 0.219. The second-order valence-corrected chi connectivity index (χ2v) is 10.0. The summed E-state index contributed by atoms with van der Waals surface area (Å²) in [6.45, 7) is -0.440. The van der Waals surface area contributed by atoms with Gasteiger partial charge in [-0.25, -0.2) is 10.1 Å². The molecule has 0 unspecified atom stereocenters. The van der Waals surface area contributed by atoms with Crippen molar-refractivity contribution in [1.82, 2.24) is 15.2 Å². The summed E-state index contributed by atoms with van der Waals surface area (Å²) >= 11 is 0. The summed E-state index contributed by atoms with van der Waals surface area (Å²) in [4.78, 5) is 38.3. The predicted octanol–water partition coefficient (Wildman–Crippen LogP) is 4.83. The lowest BCUT2D eigenvalue weighted by Gasteiger charge is -2.29. The molecule has 0 radical (unpaired) electrons. The van der Waals surface area contributed by atoms with Crippen molar-refractivity contribution in [3.8, 4) is 0 Å². The van der Waals surface area contributed by atoms with Gasteiger partial charge in [-0.05, 0) is 48.1 Å². The van der Waals surface area contributed by atoms with E-state index in [-0.39, 0.29) is 29.8 Å². The Hall–Kier alpha value is -4.85. The van der Waals surface area contributed by atoms with Crippen LogP contribution in [-0.2, 0) is 20.7 Å². The van der Waals surface area contributed by atoms with Crippen LogP contribution in [0.25, 0.3) is 16.8 Å². The minimum absolute atomic E-state index is 0.0578. The quantitative estimate of drug-likeness (QED) is 0.358. The Labute approximate surface area is 231 Å². The number of fused-ring (bicyclic) bond motifs is 2. The number of rotatable bonds is 6. The number of nitrogens with zero attached hydrogens (tertiary/aromatic N) is 3. The van der Waals surface area contributed by atoms with Crippen molar-refractivity contribution in [3.05, 3.63) is 118 Å². The van der Waals surface area contributed by atoms with Gasteiger partial charge in [0.05, 0.1) is 29.3 Å². The lowest BCUT2D eigenvalue weighted by Crippen LogP contribution is -2.34. The minimum atomic E-state index is -0.608. The topological polar surface area (TPSA) is 105 Å². The molecule has 4 aromatic rings. The van der Waals surface area contributed by atoms with Crippen molar-refractivity contribution in [3.63, 3.8) is 0 Å². The van der Waals surface area contributed by atoms with E-state index < -0.39 is 12.6 Å². The van der Waals surface area contributed by atoms with Crippen molar-refractivity contribution in [2.45, 2.75) is 31.7 Å². The van der Waals surface area contributed by atoms with E-state index in [1.807, 2.05) is 48.5 Å². The highest BCUT2D eigenvalue weighted by atomic mass is 16.5. The largest absolute Gasteiger partial charge is 0.455 e. The molecule has 1 aliphatic carbocycles. The van der Waals surface area contributed by atoms with Crippen LogP contribution in [-0.4, -0.2) is 39.4 Å². The molecule has 2 aliphatic rings. The molecule has 1 aromatic heterocycles. The highest BCUT2D eigenvalue weighted by Crippen LogP contribution is 2.44. The first-order chi connectivity index (χ1) is 19.6.